The van der Waals surface area contributed by atoms with Crippen molar-refractivity contribution in [1.82, 2.24) is 0 Å². The van der Waals surface area contributed by atoms with Crippen molar-refractivity contribution in [3.8, 4) is 16.9 Å². The van der Waals surface area contributed by atoms with E-state index in [0.717, 1.165) is 37.9 Å². The van der Waals surface area contributed by atoms with Crippen LogP contribution in [0.1, 0.15) is 52.4 Å². The molecule has 1 amide bonds. The first kappa shape index (κ1) is 27.2. The number of esters is 1. The molecule has 0 radical (unpaired) electrons. The summed E-state index contributed by atoms with van der Waals surface area (Å²) in [4.78, 5) is 25.5. The van der Waals surface area contributed by atoms with E-state index >= 15 is 0 Å². The molecule has 1 aromatic heterocycles. The fraction of sp³-hybridized carbons (Fsp3) is 0.333. The van der Waals surface area contributed by atoms with Crippen LogP contribution >= 0.6 is 38.9 Å². The van der Waals surface area contributed by atoms with Gasteiger partial charge < -0.3 is 14.8 Å². The van der Waals surface area contributed by atoms with Crippen molar-refractivity contribution in [3.63, 3.8) is 0 Å². The summed E-state index contributed by atoms with van der Waals surface area (Å²) >= 11 is 11.1. The van der Waals surface area contributed by atoms with Gasteiger partial charge in [-0.1, -0.05) is 35.4 Å². The zero-order valence-corrected chi connectivity index (χ0v) is 23.7. The summed E-state index contributed by atoms with van der Waals surface area (Å²) in [7, 11) is 0. The number of ether oxygens (including phenoxy) is 2. The van der Waals surface area contributed by atoms with Crippen LogP contribution in [0.4, 0.5) is 5.00 Å². The minimum atomic E-state index is -0.444. The van der Waals surface area contributed by atoms with E-state index in [1.807, 2.05) is 51.3 Å². The van der Waals surface area contributed by atoms with Gasteiger partial charge in [-0.25, -0.2) is 4.79 Å². The number of benzene rings is 2. The predicted molar refractivity (Wildman–Crippen MR) is 147 cm³/mol. The number of carbonyl (C=O) groups excluding carboxylic acids is 2. The maximum Gasteiger partial charge on any atom is 0.341 e. The molecule has 2 aromatic carbocycles. The van der Waals surface area contributed by atoms with Gasteiger partial charge in [0.05, 0.1) is 17.7 Å². The molecule has 8 heteroatoms. The molecule has 5 nitrogen and oxygen atoms in total. The zero-order valence-electron chi connectivity index (χ0n) is 20.5. The highest BCUT2D eigenvalue weighted by Gasteiger charge is 2.23. The Labute approximate surface area is 223 Å². The molecule has 1 N–H and O–H groups in total. The first-order valence-electron chi connectivity index (χ1n) is 11.4. The van der Waals surface area contributed by atoms with Crippen LogP contribution in [-0.4, -0.2) is 25.1 Å². The van der Waals surface area contributed by atoms with E-state index in [-0.39, 0.29) is 18.9 Å². The number of thiophene rings is 1. The molecular weight excluding hydrogens is 550 g/mol. The highest BCUT2D eigenvalue weighted by Crippen LogP contribution is 2.38. The number of hydrogen-bond acceptors (Lipinski definition) is 5. The molecular formula is C27H29BrClNO4S. The summed E-state index contributed by atoms with van der Waals surface area (Å²) in [5.41, 5.74) is 6.16. The van der Waals surface area contributed by atoms with Crippen LogP contribution < -0.4 is 10.1 Å². The Kier molecular flexibility index (Phi) is 9.39. The van der Waals surface area contributed by atoms with Gasteiger partial charge in [0.15, 0.2) is 0 Å². The third-order valence-electron chi connectivity index (χ3n) is 5.57. The standard InChI is InChI=1S/C27H29BrClNO4S/c1-6-33-27(32)23-20(19-10-9-15(2)12-16(19)3)14-35-26(23)30-22(31)8-7-11-34-21-13-17(4)25(29)18(5)24(21)28/h9-10,12-14H,6-8,11H2,1-5H3,(H,30,31). The van der Waals surface area contributed by atoms with Gasteiger partial charge in [-0.2, -0.15) is 0 Å². The van der Waals surface area contributed by atoms with E-state index < -0.39 is 5.97 Å². The summed E-state index contributed by atoms with van der Waals surface area (Å²) in [5, 5.41) is 6.00. The normalized spacial score (nSPS) is 10.8. The van der Waals surface area contributed by atoms with Crippen molar-refractivity contribution >= 4 is 55.7 Å². The van der Waals surface area contributed by atoms with Crippen molar-refractivity contribution in [2.45, 2.75) is 47.5 Å². The van der Waals surface area contributed by atoms with Gasteiger partial charge in [0.1, 0.15) is 16.3 Å². The van der Waals surface area contributed by atoms with Gasteiger partial charge in [0, 0.05) is 22.4 Å². The van der Waals surface area contributed by atoms with Crippen LogP contribution in [0.3, 0.4) is 0 Å². The molecule has 3 aromatic rings. The predicted octanol–water partition coefficient (Wildman–Crippen LogP) is 8.04. The molecule has 0 atom stereocenters. The van der Waals surface area contributed by atoms with Gasteiger partial charge in [0.2, 0.25) is 5.91 Å². The van der Waals surface area contributed by atoms with Gasteiger partial charge >= 0.3 is 5.97 Å². The molecule has 35 heavy (non-hydrogen) atoms. The first-order valence-corrected chi connectivity index (χ1v) is 13.4. The van der Waals surface area contributed by atoms with E-state index in [2.05, 4.69) is 27.3 Å². The highest BCUT2D eigenvalue weighted by molar-refractivity contribution is 9.10. The Morgan fingerprint density at radius 3 is 2.51 bits per heavy atom. The second-order valence-corrected chi connectivity index (χ2v) is 10.4. The molecule has 0 saturated heterocycles. The van der Waals surface area contributed by atoms with Crippen molar-refractivity contribution < 1.29 is 19.1 Å². The Bertz CT molecular complexity index is 1250. The maximum atomic E-state index is 12.8. The van der Waals surface area contributed by atoms with Crippen molar-refractivity contribution in [2.24, 2.45) is 0 Å². The van der Waals surface area contributed by atoms with Crippen LogP contribution in [0.5, 0.6) is 5.75 Å². The van der Waals surface area contributed by atoms with Crippen molar-refractivity contribution in [1.29, 1.82) is 0 Å². The van der Waals surface area contributed by atoms with E-state index in [1.54, 1.807) is 6.92 Å². The largest absolute Gasteiger partial charge is 0.492 e. The molecule has 186 valence electrons. The zero-order chi connectivity index (χ0) is 25.7. The number of amides is 1. The molecule has 3 rings (SSSR count). The average Bonchev–Trinajstić information content (AvgIpc) is 3.21. The SMILES string of the molecule is CCOC(=O)c1c(-c2ccc(C)cc2C)csc1NC(=O)CCCOc1cc(C)c(Cl)c(C)c1Br. The topological polar surface area (TPSA) is 64.6 Å². The van der Waals surface area contributed by atoms with E-state index in [4.69, 9.17) is 21.1 Å². The summed E-state index contributed by atoms with van der Waals surface area (Å²) in [6, 6.07) is 7.96. The molecule has 0 saturated carbocycles. The second kappa shape index (κ2) is 12.1. The number of nitrogens with one attached hydrogen (secondary N) is 1. The monoisotopic (exact) mass is 577 g/mol. The third-order valence-corrected chi connectivity index (χ3v) is 8.03. The van der Waals surface area contributed by atoms with Crippen LogP contribution in [-0.2, 0) is 9.53 Å². The summed E-state index contributed by atoms with van der Waals surface area (Å²) in [6.07, 6.45) is 0.769. The lowest BCUT2D eigenvalue weighted by Gasteiger charge is -2.13. The number of carbonyl (C=O) groups is 2. The Hall–Kier alpha value is -2.35. The van der Waals surface area contributed by atoms with Gasteiger partial charge in [-0.05, 0) is 85.3 Å². The minimum absolute atomic E-state index is 0.185. The second-order valence-electron chi connectivity index (χ2n) is 8.34. The van der Waals surface area contributed by atoms with E-state index in [9.17, 15) is 9.59 Å². The van der Waals surface area contributed by atoms with Crippen LogP contribution in [0.25, 0.3) is 11.1 Å². The third kappa shape index (κ3) is 6.46. The lowest BCUT2D eigenvalue weighted by atomic mass is 9.97. The quantitative estimate of drug-likeness (QED) is 0.206. The number of aryl methyl sites for hydroxylation is 3. The van der Waals surface area contributed by atoms with E-state index in [0.29, 0.717) is 34.4 Å². The number of rotatable bonds is 9. The summed E-state index contributed by atoms with van der Waals surface area (Å²) in [5.74, 6) is 0.0715. The average molecular weight is 579 g/mol. The Morgan fingerprint density at radius 1 is 1.09 bits per heavy atom. The fourth-order valence-electron chi connectivity index (χ4n) is 3.78. The lowest BCUT2D eigenvalue weighted by Crippen LogP contribution is -2.15. The van der Waals surface area contributed by atoms with Gasteiger partial charge in [0.25, 0.3) is 0 Å². The van der Waals surface area contributed by atoms with Crippen LogP contribution in [0.2, 0.25) is 5.02 Å². The molecule has 1 heterocycles. The smallest absolute Gasteiger partial charge is 0.341 e. The summed E-state index contributed by atoms with van der Waals surface area (Å²) in [6.45, 7) is 10.3. The number of hydrogen-bond donors (Lipinski definition) is 1. The minimum Gasteiger partial charge on any atom is -0.492 e. The molecule has 0 aliphatic carbocycles. The lowest BCUT2D eigenvalue weighted by molar-refractivity contribution is -0.116. The fourth-order valence-corrected chi connectivity index (χ4v) is 5.43. The molecule has 0 aliphatic heterocycles. The summed E-state index contributed by atoms with van der Waals surface area (Å²) < 4.78 is 12.0. The molecule has 0 unspecified atom stereocenters. The molecule has 0 bridgehead atoms. The molecule has 0 aliphatic rings. The van der Waals surface area contributed by atoms with Crippen LogP contribution in [0.15, 0.2) is 34.1 Å². The number of halogens is 2. The Morgan fingerprint density at radius 2 is 1.83 bits per heavy atom. The molecule has 0 fully saturated rings. The first-order chi connectivity index (χ1) is 16.6. The van der Waals surface area contributed by atoms with Gasteiger partial charge in [-0.15, -0.1) is 11.3 Å². The number of anilines is 1. The Balaban J connectivity index is 1.69. The van der Waals surface area contributed by atoms with Crippen molar-refractivity contribution in [2.75, 3.05) is 18.5 Å². The van der Waals surface area contributed by atoms with Crippen LogP contribution in [0, 0.1) is 27.7 Å². The maximum absolute atomic E-state index is 12.8. The highest BCUT2D eigenvalue weighted by atomic mass is 79.9. The molecule has 0 spiro atoms. The van der Waals surface area contributed by atoms with Gasteiger partial charge in [-0.3, -0.25) is 4.79 Å². The van der Waals surface area contributed by atoms with E-state index in [1.165, 1.54) is 11.3 Å². The van der Waals surface area contributed by atoms with Crippen molar-refractivity contribution in [3.05, 3.63) is 67.0 Å².